The average Bonchev–Trinajstić information content (AvgIpc) is 3.27. The quantitative estimate of drug-likeness (QED) is 0.172. The molecule has 6 nitrogen and oxygen atoms in total. The van der Waals surface area contributed by atoms with E-state index in [0.29, 0.717) is 23.3 Å². The summed E-state index contributed by atoms with van der Waals surface area (Å²) in [5.41, 5.74) is 10.2. The van der Waals surface area contributed by atoms with Gasteiger partial charge in [0.05, 0.1) is 0 Å². The standard InChI is InChI=1S/C48H34N6/c1-5-15-33(16-6-1)34-27-29-38(30-28-34)46-50-45(37-21-11-4-12-22-37)53-48(54-46)42-26-14-24-40(32-42)39-23-13-25-41(31-39)47-51-43(35-17-7-2-8-18-35)49-44(52-47)36-19-9-3-10-20-36/h1-32,43H,(H,49,51,52). The maximum Gasteiger partial charge on any atom is 0.164 e. The molecule has 2 heterocycles. The number of benzene rings is 7. The van der Waals surface area contributed by atoms with Crippen molar-refractivity contribution in [3.05, 3.63) is 211 Å². The Bertz CT molecular complexity index is 2600. The Hall–Kier alpha value is -7.31. The van der Waals surface area contributed by atoms with Crippen molar-refractivity contribution in [2.75, 3.05) is 0 Å². The minimum absolute atomic E-state index is 0.271. The summed E-state index contributed by atoms with van der Waals surface area (Å²) in [6.45, 7) is 0. The average molecular weight is 695 g/mol. The fraction of sp³-hybridized carbons (Fsp3) is 0.0208. The molecule has 0 amide bonds. The summed E-state index contributed by atoms with van der Waals surface area (Å²) in [4.78, 5) is 25.0. The molecule has 1 unspecified atom stereocenters. The van der Waals surface area contributed by atoms with E-state index in [2.05, 4.69) is 115 Å². The summed E-state index contributed by atoms with van der Waals surface area (Å²) in [6.07, 6.45) is -0.271. The number of hydrogen-bond acceptors (Lipinski definition) is 6. The molecule has 1 N–H and O–H groups in total. The molecule has 0 fully saturated rings. The predicted octanol–water partition coefficient (Wildman–Crippen LogP) is 10.7. The maximum atomic E-state index is 5.04. The van der Waals surface area contributed by atoms with E-state index in [0.717, 1.165) is 55.9 Å². The normalized spacial score (nSPS) is 13.7. The van der Waals surface area contributed by atoms with Crippen LogP contribution in [0.25, 0.3) is 56.4 Å². The third-order valence-electron chi connectivity index (χ3n) is 9.40. The Morgan fingerprint density at radius 3 is 1.35 bits per heavy atom. The van der Waals surface area contributed by atoms with Crippen molar-refractivity contribution in [2.45, 2.75) is 6.17 Å². The third kappa shape index (κ3) is 6.96. The molecule has 0 bridgehead atoms. The second-order valence-corrected chi connectivity index (χ2v) is 13.0. The largest absolute Gasteiger partial charge is 0.344 e. The lowest BCUT2D eigenvalue weighted by molar-refractivity contribution is 0.674. The van der Waals surface area contributed by atoms with Crippen molar-refractivity contribution in [3.8, 4) is 56.4 Å². The van der Waals surface area contributed by atoms with Crippen molar-refractivity contribution >= 4 is 11.7 Å². The maximum absolute atomic E-state index is 5.04. The highest BCUT2D eigenvalue weighted by Crippen LogP contribution is 2.30. The summed E-state index contributed by atoms with van der Waals surface area (Å²) in [5, 5.41) is 3.59. The van der Waals surface area contributed by atoms with E-state index >= 15 is 0 Å². The van der Waals surface area contributed by atoms with E-state index in [9.17, 15) is 0 Å². The molecule has 0 aliphatic carbocycles. The van der Waals surface area contributed by atoms with Gasteiger partial charge in [0.15, 0.2) is 23.3 Å². The van der Waals surface area contributed by atoms with Gasteiger partial charge in [-0.25, -0.2) is 24.9 Å². The van der Waals surface area contributed by atoms with E-state index in [4.69, 9.17) is 24.9 Å². The van der Waals surface area contributed by atoms with Gasteiger partial charge in [0.1, 0.15) is 12.0 Å². The van der Waals surface area contributed by atoms with Crippen LogP contribution in [-0.2, 0) is 0 Å². The first-order valence-corrected chi connectivity index (χ1v) is 18.0. The lowest BCUT2D eigenvalue weighted by atomic mass is 10.00. The molecule has 0 spiro atoms. The lowest BCUT2D eigenvalue weighted by Gasteiger charge is -2.24. The van der Waals surface area contributed by atoms with Gasteiger partial charge in [0.2, 0.25) is 0 Å². The van der Waals surface area contributed by atoms with Crippen LogP contribution in [0.1, 0.15) is 22.9 Å². The Balaban J connectivity index is 1.08. The van der Waals surface area contributed by atoms with Crippen LogP contribution >= 0.6 is 0 Å². The summed E-state index contributed by atoms with van der Waals surface area (Å²) in [7, 11) is 0. The SMILES string of the molecule is c1ccc(C2=NC(c3ccccc3)NC(c3cccc(-c4cccc(-c5nc(-c6ccccc6)nc(-c6ccc(-c7ccccc7)cc6)n5)c4)c3)=N2)cc1. The van der Waals surface area contributed by atoms with E-state index < -0.39 is 0 Å². The fourth-order valence-corrected chi connectivity index (χ4v) is 6.60. The van der Waals surface area contributed by atoms with Gasteiger partial charge in [0.25, 0.3) is 0 Å². The van der Waals surface area contributed by atoms with Crippen molar-refractivity contribution < 1.29 is 0 Å². The summed E-state index contributed by atoms with van der Waals surface area (Å²) in [6, 6.07) is 66.0. The Kier molecular flexibility index (Phi) is 8.89. The van der Waals surface area contributed by atoms with Crippen molar-refractivity contribution in [1.29, 1.82) is 0 Å². The van der Waals surface area contributed by atoms with Crippen LogP contribution in [0.15, 0.2) is 204 Å². The second-order valence-electron chi connectivity index (χ2n) is 13.0. The number of aromatic nitrogens is 3. The van der Waals surface area contributed by atoms with Gasteiger partial charge in [-0.2, -0.15) is 0 Å². The first-order valence-electron chi connectivity index (χ1n) is 18.0. The molecule has 1 aromatic heterocycles. The van der Waals surface area contributed by atoms with Gasteiger partial charge in [0, 0.05) is 27.8 Å². The topological polar surface area (TPSA) is 75.4 Å². The molecular weight excluding hydrogens is 661 g/mol. The molecule has 54 heavy (non-hydrogen) atoms. The molecule has 1 atom stereocenters. The van der Waals surface area contributed by atoms with E-state index in [1.165, 1.54) is 5.56 Å². The molecule has 0 radical (unpaired) electrons. The van der Waals surface area contributed by atoms with Gasteiger partial charge in [-0.1, -0.05) is 182 Å². The van der Waals surface area contributed by atoms with Gasteiger partial charge in [-0.15, -0.1) is 0 Å². The Labute approximate surface area is 314 Å². The molecule has 7 aromatic carbocycles. The number of rotatable bonds is 8. The molecule has 8 aromatic rings. The number of nitrogens with one attached hydrogen (secondary N) is 1. The zero-order valence-corrected chi connectivity index (χ0v) is 29.3. The van der Waals surface area contributed by atoms with Crippen LogP contribution in [0.3, 0.4) is 0 Å². The summed E-state index contributed by atoms with van der Waals surface area (Å²) in [5.74, 6) is 3.32. The van der Waals surface area contributed by atoms with Crippen molar-refractivity contribution in [2.24, 2.45) is 9.98 Å². The first-order chi connectivity index (χ1) is 26.7. The van der Waals surface area contributed by atoms with Crippen LogP contribution in [0, 0.1) is 0 Å². The highest BCUT2D eigenvalue weighted by molar-refractivity contribution is 6.13. The molecule has 6 heteroatoms. The molecule has 1 aliphatic rings. The zero-order chi connectivity index (χ0) is 36.1. The molecule has 0 saturated heterocycles. The van der Waals surface area contributed by atoms with Crippen molar-refractivity contribution in [1.82, 2.24) is 20.3 Å². The summed E-state index contributed by atoms with van der Waals surface area (Å²) < 4.78 is 0. The number of amidine groups is 2. The van der Waals surface area contributed by atoms with E-state index in [1.807, 2.05) is 84.9 Å². The minimum atomic E-state index is -0.271. The Morgan fingerprint density at radius 1 is 0.333 bits per heavy atom. The van der Waals surface area contributed by atoms with Crippen LogP contribution in [0.4, 0.5) is 0 Å². The van der Waals surface area contributed by atoms with E-state index in [-0.39, 0.29) is 6.17 Å². The van der Waals surface area contributed by atoms with Crippen LogP contribution in [0.5, 0.6) is 0 Å². The van der Waals surface area contributed by atoms with Crippen molar-refractivity contribution in [3.63, 3.8) is 0 Å². The highest BCUT2D eigenvalue weighted by Gasteiger charge is 2.21. The molecular formula is C48H34N6. The van der Waals surface area contributed by atoms with Crippen LogP contribution in [-0.4, -0.2) is 26.6 Å². The van der Waals surface area contributed by atoms with Gasteiger partial charge in [-0.3, -0.25) is 0 Å². The van der Waals surface area contributed by atoms with E-state index in [1.54, 1.807) is 0 Å². The zero-order valence-electron chi connectivity index (χ0n) is 29.3. The molecule has 0 saturated carbocycles. The molecule has 9 rings (SSSR count). The number of aliphatic imine (C=N–C) groups is 2. The molecule has 256 valence electrons. The monoisotopic (exact) mass is 694 g/mol. The third-order valence-corrected chi connectivity index (χ3v) is 9.40. The predicted molar refractivity (Wildman–Crippen MR) is 219 cm³/mol. The minimum Gasteiger partial charge on any atom is -0.344 e. The van der Waals surface area contributed by atoms with Gasteiger partial charge < -0.3 is 5.32 Å². The van der Waals surface area contributed by atoms with Gasteiger partial charge in [-0.05, 0) is 39.9 Å². The molecule has 1 aliphatic heterocycles. The first kappa shape index (κ1) is 32.6. The number of nitrogens with zero attached hydrogens (tertiary/aromatic N) is 5. The second kappa shape index (κ2) is 14.7. The van der Waals surface area contributed by atoms with Crippen LogP contribution < -0.4 is 5.32 Å². The fourth-order valence-electron chi connectivity index (χ4n) is 6.60. The smallest absolute Gasteiger partial charge is 0.164 e. The summed E-state index contributed by atoms with van der Waals surface area (Å²) >= 11 is 0. The van der Waals surface area contributed by atoms with Gasteiger partial charge >= 0.3 is 0 Å². The van der Waals surface area contributed by atoms with Crippen LogP contribution in [0.2, 0.25) is 0 Å². The Morgan fingerprint density at radius 2 is 0.741 bits per heavy atom. The number of hydrogen-bond donors (Lipinski definition) is 1. The lowest BCUT2D eigenvalue weighted by Crippen LogP contribution is -2.33. The highest BCUT2D eigenvalue weighted by atomic mass is 15.2.